The summed E-state index contributed by atoms with van der Waals surface area (Å²) >= 11 is 0. The van der Waals surface area contributed by atoms with Crippen molar-refractivity contribution in [2.24, 2.45) is 5.92 Å². The summed E-state index contributed by atoms with van der Waals surface area (Å²) < 4.78 is 1.57. The Labute approximate surface area is 123 Å². The maximum atomic E-state index is 11.2. The number of carboxylic acid groups (broad SMARTS) is 1. The topological polar surface area (TPSA) is 110 Å². The van der Waals surface area contributed by atoms with Crippen LogP contribution in [0.1, 0.15) is 45.3 Å². The van der Waals surface area contributed by atoms with Crippen LogP contribution in [0.5, 0.6) is 0 Å². The molecule has 0 aliphatic rings. The van der Waals surface area contributed by atoms with Gasteiger partial charge >= 0.3 is 11.7 Å². The third-order valence-corrected chi connectivity index (χ3v) is 3.32. The largest absolute Gasteiger partial charge is 0.481 e. The lowest BCUT2D eigenvalue weighted by atomic mass is 10.0. The van der Waals surface area contributed by atoms with Crippen LogP contribution in [0.2, 0.25) is 0 Å². The minimum Gasteiger partial charge on any atom is -0.481 e. The van der Waals surface area contributed by atoms with Gasteiger partial charge in [-0.05, 0) is 26.7 Å². The molecule has 0 aliphatic carbocycles. The molecule has 118 valence electrons. The molecule has 1 atom stereocenters. The van der Waals surface area contributed by atoms with E-state index in [1.807, 2.05) is 20.8 Å². The van der Waals surface area contributed by atoms with Crippen LogP contribution in [-0.2, 0) is 4.79 Å². The van der Waals surface area contributed by atoms with E-state index >= 15 is 0 Å². The van der Waals surface area contributed by atoms with Crippen molar-refractivity contribution in [3.8, 4) is 0 Å². The Morgan fingerprint density at radius 2 is 2.14 bits per heavy atom. The van der Waals surface area contributed by atoms with E-state index in [1.165, 1.54) is 0 Å². The van der Waals surface area contributed by atoms with E-state index in [-0.39, 0.29) is 24.1 Å². The van der Waals surface area contributed by atoms with E-state index in [2.05, 4.69) is 10.4 Å². The molecule has 0 aliphatic heterocycles. The lowest BCUT2D eigenvalue weighted by Gasteiger charge is -2.16. The molecule has 0 fully saturated rings. The van der Waals surface area contributed by atoms with Crippen molar-refractivity contribution in [1.29, 1.82) is 0 Å². The van der Waals surface area contributed by atoms with Gasteiger partial charge < -0.3 is 10.4 Å². The summed E-state index contributed by atoms with van der Waals surface area (Å²) in [5.41, 5.74) is 0.302. The number of rotatable bonds is 8. The highest BCUT2D eigenvalue weighted by molar-refractivity contribution is 5.67. The zero-order chi connectivity index (χ0) is 16.2. The zero-order valence-electron chi connectivity index (χ0n) is 12.8. The quantitative estimate of drug-likeness (QED) is 0.563. The third-order valence-electron chi connectivity index (χ3n) is 3.32. The van der Waals surface area contributed by atoms with Gasteiger partial charge in [-0.15, -0.1) is 0 Å². The van der Waals surface area contributed by atoms with Crippen LogP contribution in [0.3, 0.4) is 0 Å². The van der Waals surface area contributed by atoms with Crippen molar-refractivity contribution in [1.82, 2.24) is 9.78 Å². The highest BCUT2D eigenvalue weighted by Crippen LogP contribution is 2.30. The van der Waals surface area contributed by atoms with E-state index in [9.17, 15) is 14.9 Å². The Kier molecular flexibility index (Phi) is 5.69. The Morgan fingerprint density at radius 1 is 1.52 bits per heavy atom. The highest BCUT2D eigenvalue weighted by Gasteiger charge is 2.27. The number of nitrogens with zero attached hydrogens (tertiary/aromatic N) is 3. The Balaban J connectivity index is 3.00. The highest BCUT2D eigenvalue weighted by atomic mass is 16.6. The van der Waals surface area contributed by atoms with Crippen LogP contribution in [0.4, 0.5) is 11.5 Å². The Bertz CT molecular complexity index is 524. The van der Waals surface area contributed by atoms with Gasteiger partial charge in [-0.3, -0.25) is 14.9 Å². The van der Waals surface area contributed by atoms with Gasteiger partial charge in [0.1, 0.15) is 5.69 Å². The third kappa shape index (κ3) is 4.17. The van der Waals surface area contributed by atoms with Gasteiger partial charge in [0.25, 0.3) is 0 Å². The van der Waals surface area contributed by atoms with Gasteiger partial charge in [0.2, 0.25) is 5.82 Å². The second kappa shape index (κ2) is 7.05. The number of carboxylic acids is 1. The van der Waals surface area contributed by atoms with Gasteiger partial charge in [0.15, 0.2) is 0 Å². The lowest BCUT2D eigenvalue weighted by Crippen LogP contribution is -2.20. The van der Waals surface area contributed by atoms with E-state index < -0.39 is 10.9 Å². The molecule has 0 amide bonds. The molecule has 0 bridgehead atoms. The van der Waals surface area contributed by atoms with Crippen LogP contribution in [0, 0.1) is 23.0 Å². The number of anilines is 1. The minimum absolute atomic E-state index is 0.0283. The molecule has 21 heavy (non-hydrogen) atoms. The van der Waals surface area contributed by atoms with Crippen LogP contribution >= 0.6 is 0 Å². The van der Waals surface area contributed by atoms with Crippen molar-refractivity contribution < 1.29 is 14.8 Å². The second-order valence-corrected chi connectivity index (χ2v) is 5.33. The first-order chi connectivity index (χ1) is 9.77. The molecule has 0 spiro atoms. The molecule has 1 aromatic rings. The fraction of sp³-hybridized carbons (Fsp3) is 0.692. The van der Waals surface area contributed by atoms with Gasteiger partial charge in [-0.2, -0.15) is 5.10 Å². The number of hydrogen-bond donors (Lipinski definition) is 2. The molecule has 0 saturated carbocycles. The van der Waals surface area contributed by atoms with Crippen molar-refractivity contribution in [3.63, 3.8) is 0 Å². The van der Waals surface area contributed by atoms with Gasteiger partial charge in [-0.1, -0.05) is 13.3 Å². The van der Waals surface area contributed by atoms with Gasteiger partial charge in [0, 0.05) is 19.0 Å². The standard InChI is InChI=1S/C13H22N4O4/c1-5-10(6-11(18)19)7-14-13-12(17(20)21)9(4)15-16(13)8(2)3/h8,10,14H,5-7H2,1-4H3,(H,18,19). The predicted molar refractivity (Wildman–Crippen MR) is 78.5 cm³/mol. The number of carbonyl (C=O) groups is 1. The number of aromatic nitrogens is 2. The molecule has 1 rings (SSSR count). The van der Waals surface area contributed by atoms with Crippen LogP contribution in [0.25, 0.3) is 0 Å². The first-order valence-corrected chi connectivity index (χ1v) is 6.97. The monoisotopic (exact) mass is 298 g/mol. The molecule has 1 unspecified atom stereocenters. The SMILES string of the molecule is CCC(CNc1c([N+](=O)[O-])c(C)nn1C(C)C)CC(=O)O. The Hall–Kier alpha value is -2.12. The molecule has 1 heterocycles. The van der Waals surface area contributed by atoms with Crippen molar-refractivity contribution in [2.45, 2.75) is 46.6 Å². The first-order valence-electron chi connectivity index (χ1n) is 6.97. The van der Waals surface area contributed by atoms with Crippen LogP contribution < -0.4 is 5.32 Å². The molecule has 8 heteroatoms. The maximum absolute atomic E-state index is 11.2. The Morgan fingerprint density at radius 3 is 2.57 bits per heavy atom. The van der Waals surface area contributed by atoms with E-state index in [4.69, 9.17) is 5.11 Å². The van der Waals surface area contributed by atoms with Crippen molar-refractivity contribution >= 4 is 17.5 Å². The van der Waals surface area contributed by atoms with Gasteiger partial charge in [-0.25, -0.2) is 4.68 Å². The first kappa shape index (κ1) is 16.9. The van der Waals surface area contributed by atoms with Gasteiger partial charge in [0.05, 0.1) is 4.92 Å². The molecular formula is C13H22N4O4. The van der Waals surface area contributed by atoms with E-state index in [0.29, 0.717) is 24.5 Å². The molecule has 2 N–H and O–H groups in total. The van der Waals surface area contributed by atoms with Crippen LogP contribution in [-0.4, -0.2) is 32.3 Å². The number of aryl methyl sites for hydroxylation is 1. The summed E-state index contributed by atoms with van der Waals surface area (Å²) in [5.74, 6) is -0.610. The average Bonchev–Trinajstić information content (AvgIpc) is 2.71. The van der Waals surface area contributed by atoms with E-state index in [1.54, 1.807) is 11.6 Å². The molecule has 8 nitrogen and oxygen atoms in total. The number of hydrogen-bond acceptors (Lipinski definition) is 5. The number of nitrogens with one attached hydrogen (secondary N) is 1. The predicted octanol–water partition coefficient (Wildman–Crippen LogP) is 2.59. The zero-order valence-corrected chi connectivity index (χ0v) is 12.8. The molecule has 0 radical (unpaired) electrons. The summed E-state index contributed by atoms with van der Waals surface area (Å²) in [6.07, 6.45) is 0.716. The maximum Gasteiger partial charge on any atom is 0.333 e. The van der Waals surface area contributed by atoms with Crippen molar-refractivity contribution in [3.05, 3.63) is 15.8 Å². The second-order valence-electron chi connectivity index (χ2n) is 5.33. The fourth-order valence-electron chi connectivity index (χ4n) is 2.14. The minimum atomic E-state index is -0.869. The number of nitro groups is 1. The van der Waals surface area contributed by atoms with Crippen LogP contribution in [0.15, 0.2) is 0 Å². The lowest BCUT2D eigenvalue weighted by molar-refractivity contribution is -0.384. The molecule has 1 aromatic heterocycles. The van der Waals surface area contributed by atoms with Crippen molar-refractivity contribution in [2.75, 3.05) is 11.9 Å². The summed E-state index contributed by atoms with van der Waals surface area (Å²) in [6.45, 7) is 7.62. The molecular weight excluding hydrogens is 276 g/mol. The normalized spacial score (nSPS) is 12.4. The summed E-state index contributed by atoms with van der Waals surface area (Å²) in [6, 6.07) is -0.0283. The molecule has 0 aromatic carbocycles. The molecule has 0 saturated heterocycles. The smallest absolute Gasteiger partial charge is 0.333 e. The van der Waals surface area contributed by atoms with E-state index in [0.717, 1.165) is 0 Å². The average molecular weight is 298 g/mol. The number of aliphatic carboxylic acids is 1. The fourth-order valence-corrected chi connectivity index (χ4v) is 2.14. The summed E-state index contributed by atoms with van der Waals surface area (Å²) in [4.78, 5) is 21.5. The summed E-state index contributed by atoms with van der Waals surface area (Å²) in [5, 5.41) is 27.2. The summed E-state index contributed by atoms with van der Waals surface area (Å²) in [7, 11) is 0.